The SMILES string of the molecule is CC(=O)OCC(=O)C(C)/C=C/c1ccc([N+](=O)[O-])cc1. The maximum Gasteiger partial charge on any atom is 0.303 e. The number of Topliss-reactive ketones (excluding diaryl/α,β-unsaturated/α-hetero) is 1. The van der Waals surface area contributed by atoms with E-state index in [1.807, 2.05) is 0 Å². The van der Waals surface area contributed by atoms with Crippen molar-refractivity contribution < 1.29 is 19.2 Å². The first kappa shape index (κ1) is 15.6. The number of ketones is 1. The van der Waals surface area contributed by atoms with E-state index in [9.17, 15) is 19.7 Å². The fourth-order valence-corrected chi connectivity index (χ4v) is 1.37. The standard InChI is InChI=1S/C14H15NO5/c1-10(14(17)9-20-11(2)16)3-4-12-5-7-13(8-6-12)15(18)19/h3-8,10H,9H2,1-2H3/b4-3+. The number of esters is 1. The Morgan fingerprint density at radius 1 is 1.35 bits per heavy atom. The molecule has 1 atom stereocenters. The van der Waals surface area contributed by atoms with E-state index in [0.29, 0.717) is 0 Å². The first-order valence-electron chi connectivity index (χ1n) is 5.99. The third-order valence-corrected chi connectivity index (χ3v) is 2.61. The largest absolute Gasteiger partial charge is 0.458 e. The second-order valence-electron chi connectivity index (χ2n) is 4.24. The second kappa shape index (κ2) is 7.18. The summed E-state index contributed by atoms with van der Waals surface area (Å²) in [7, 11) is 0. The van der Waals surface area contributed by atoms with E-state index in [1.165, 1.54) is 19.1 Å². The molecule has 0 radical (unpaired) electrons. The highest BCUT2D eigenvalue weighted by molar-refractivity contribution is 5.85. The average Bonchev–Trinajstić information content (AvgIpc) is 2.42. The Bertz CT molecular complexity index is 533. The van der Waals surface area contributed by atoms with Crippen LogP contribution in [0.15, 0.2) is 30.3 Å². The van der Waals surface area contributed by atoms with Crippen molar-refractivity contribution >= 4 is 23.5 Å². The Balaban J connectivity index is 2.60. The lowest BCUT2D eigenvalue weighted by Crippen LogP contribution is -2.17. The van der Waals surface area contributed by atoms with Crippen LogP contribution < -0.4 is 0 Å². The van der Waals surface area contributed by atoms with Crippen LogP contribution in [0.4, 0.5) is 5.69 Å². The van der Waals surface area contributed by atoms with Gasteiger partial charge in [0.1, 0.15) is 0 Å². The van der Waals surface area contributed by atoms with E-state index in [1.54, 1.807) is 31.2 Å². The minimum atomic E-state index is -0.495. The molecule has 0 aliphatic rings. The summed E-state index contributed by atoms with van der Waals surface area (Å²) in [4.78, 5) is 32.2. The smallest absolute Gasteiger partial charge is 0.303 e. The van der Waals surface area contributed by atoms with Crippen LogP contribution in [0.1, 0.15) is 19.4 Å². The van der Waals surface area contributed by atoms with E-state index in [2.05, 4.69) is 4.74 Å². The van der Waals surface area contributed by atoms with Gasteiger partial charge in [-0.3, -0.25) is 19.7 Å². The van der Waals surface area contributed by atoms with Crippen LogP contribution in [0.3, 0.4) is 0 Å². The zero-order valence-corrected chi connectivity index (χ0v) is 11.2. The molecule has 0 spiro atoms. The third kappa shape index (κ3) is 5.01. The summed E-state index contributed by atoms with van der Waals surface area (Å²) in [5.74, 6) is -1.10. The summed E-state index contributed by atoms with van der Waals surface area (Å²) >= 11 is 0. The Kier molecular flexibility index (Phi) is 5.58. The predicted octanol–water partition coefficient (Wildman–Crippen LogP) is 2.38. The molecule has 0 aliphatic heterocycles. The lowest BCUT2D eigenvalue weighted by Gasteiger charge is -2.05. The number of ether oxygens (including phenoxy) is 1. The summed E-state index contributed by atoms with van der Waals surface area (Å²) in [6.07, 6.45) is 3.35. The molecule has 1 aromatic carbocycles. The van der Waals surface area contributed by atoms with Crippen LogP contribution >= 0.6 is 0 Å². The van der Waals surface area contributed by atoms with Crippen LogP contribution in [0.5, 0.6) is 0 Å². The van der Waals surface area contributed by atoms with Crippen LogP contribution in [-0.4, -0.2) is 23.3 Å². The molecule has 0 amide bonds. The van der Waals surface area contributed by atoms with Crippen LogP contribution in [0.2, 0.25) is 0 Å². The summed E-state index contributed by atoms with van der Waals surface area (Å²) < 4.78 is 4.62. The Hall–Kier alpha value is -2.50. The molecular weight excluding hydrogens is 262 g/mol. The quantitative estimate of drug-likeness (QED) is 0.452. The maximum absolute atomic E-state index is 11.6. The molecule has 1 rings (SSSR count). The monoisotopic (exact) mass is 277 g/mol. The molecule has 0 N–H and O–H groups in total. The van der Waals surface area contributed by atoms with E-state index in [0.717, 1.165) is 5.56 Å². The molecule has 0 aliphatic carbocycles. The third-order valence-electron chi connectivity index (χ3n) is 2.61. The molecule has 0 aromatic heterocycles. The Labute approximate surface area is 116 Å². The molecule has 0 saturated heterocycles. The number of nitro benzene ring substituents is 1. The van der Waals surface area contributed by atoms with E-state index < -0.39 is 16.8 Å². The Morgan fingerprint density at radius 2 is 1.95 bits per heavy atom. The highest BCUT2D eigenvalue weighted by atomic mass is 16.6. The number of nitro groups is 1. The fraction of sp³-hybridized carbons (Fsp3) is 0.286. The topological polar surface area (TPSA) is 86.5 Å². The number of carbonyl (C=O) groups is 2. The summed E-state index contributed by atoms with van der Waals surface area (Å²) in [6.45, 7) is 2.68. The molecule has 0 heterocycles. The molecule has 1 aromatic rings. The van der Waals surface area contributed by atoms with Gasteiger partial charge in [-0.15, -0.1) is 0 Å². The van der Waals surface area contributed by atoms with E-state index >= 15 is 0 Å². The molecule has 6 heteroatoms. The molecule has 0 fully saturated rings. The highest BCUT2D eigenvalue weighted by Crippen LogP contribution is 2.14. The van der Waals surface area contributed by atoms with Crippen molar-refractivity contribution in [2.24, 2.45) is 5.92 Å². The molecule has 20 heavy (non-hydrogen) atoms. The van der Waals surface area contributed by atoms with Gasteiger partial charge in [0, 0.05) is 25.0 Å². The Morgan fingerprint density at radius 3 is 2.45 bits per heavy atom. The van der Waals surface area contributed by atoms with Crippen molar-refractivity contribution in [2.45, 2.75) is 13.8 Å². The van der Waals surface area contributed by atoms with Crippen molar-refractivity contribution in [2.75, 3.05) is 6.61 Å². The predicted molar refractivity (Wildman–Crippen MR) is 72.9 cm³/mol. The van der Waals surface area contributed by atoms with Gasteiger partial charge in [0.25, 0.3) is 5.69 Å². The number of allylic oxidation sites excluding steroid dienone is 1. The maximum atomic E-state index is 11.6. The summed E-state index contributed by atoms with van der Waals surface area (Å²) in [5.41, 5.74) is 0.767. The van der Waals surface area contributed by atoms with E-state index in [4.69, 9.17) is 0 Å². The van der Waals surface area contributed by atoms with Crippen LogP contribution in [0.25, 0.3) is 6.08 Å². The van der Waals surface area contributed by atoms with Gasteiger partial charge in [0.15, 0.2) is 12.4 Å². The minimum Gasteiger partial charge on any atom is -0.458 e. The van der Waals surface area contributed by atoms with Gasteiger partial charge in [0.2, 0.25) is 0 Å². The molecular formula is C14H15NO5. The van der Waals surface area contributed by atoms with Gasteiger partial charge < -0.3 is 4.74 Å². The molecule has 6 nitrogen and oxygen atoms in total. The van der Waals surface area contributed by atoms with Gasteiger partial charge in [0.05, 0.1) is 4.92 Å². The second-order valence-corrected chi connectivity index (χ2v) is 4.24. The number of rotatable bonds is 6. The van der Waals surface area contributed by atoms with Gasteiger partial charge in [-0.2, -0.15) is 0 Å². The highest BCUT2D eigenvalue weighted by Gasteiger charge is 2.11. The lowest BCUT2D eigenvalue weighted by molar-refractivity contribution is -0.384. The summed E-state index contributed by atoms with van der Waals surface area (Å²) in [5, 5.41) is 10.5. The molecule has 0 saturated carbocycles. The average molecular weight is 277 g/mol. The van der Waals surface area contributed by atoms with Crippen LogP contribution in [-0.2, 0) is 14.3 Å². The van der Waals surface area contributed by atoms with Crippen molar-refractivity contribution in [3.8, 4) is 0 Å². The number of nitrogens with zero attached hydrogens (tertiary/aromatic N) is 1. The van der Waals surface area contributed by atoms with Gasteiger partial charge in [-0.05, 0) is 17.7 Å². The zero-order valence-electron chi connectivity index (χ0n) is 11.2. The molecule has 106 valence electrons. The first-order chi connectivity index (χ1) is 9.40. The number of non-ortho nitro benzene ring substituents is 1. The normalized spacial score (nSPS) is 12.1. The number of hydrogen-bond acceptors (Lipinski definition) is 5. The summed E-state index contributed by atoms with van der Waals surface area (Å²) in [6, 6.07) is 5.98. The number of carbonyl (C=O) groups excluding carboxylic acids is 2. The van der Waals surface area contributed by atoms with Crippen LogP contribution in [0, 0.1) is 16.0 Å². The van der Waals surface area contributed by atoms with Gasteiger partial charge >= 0.3 is 5.97 Å². The number of benzene rings is 1. The van der Waals surface area contributed by atoms with Crippen molar-refractivity contribution in [3.63, 3.8) is 0 Å². The van der Waals surface area contributed by atoms with Gasteiger partial charge in [-0.1, -0.05) is 19.1 Å². The first-order valence-corrected chi connectivity index (χ1v) is 5.99. The minimum absolute atomic E-state index is 0.0149. The molecule has 0 bridgehead atoms. The fourth-order valence-electron chi connectivity index (χ4n) is 1.37. The lowest BCUT2D eigenvalue weighted by atomic mass is 10.0. The van der Waals surface area contributed by atoms with Gasteiger partial charge in [-0.25, -0.2) is 0 Å². The molecule has 1 unspecified atom stereocenters. The van der Waals surface area contributed by atoms with Crippen molar-refractivity contribution in [1.29, 1.82) is 0 Å². The van der Waals surface area contributed by atoms with Crippen molar-refractivity contribution in [3.05, 3.63) is 46.0 Å². The van der Waals surface area contributed by atoms with E-state index in [-0.39, 0.29) is 18.1 Å². The van der Waals surface area contributed by atoms with Crippen molar-refractivity contribution in [1.82, 2.24) is 0 Å². The number of hydrogen-bond donors (Lipinski definition) is 0. The zero-order chi connectivity index (χ0) is 15.1.